The maximum atomic E-state index is 13.1. The van der Waals surface area contributed by atoms with Gasteiger partial charge in [-0.1, -0.05) is 56.9 Å². The lowest BCUT2D eigenvalue weighted by Gasteiger charge is -2.55. The van der Waals surface area contributed by atoms with Crippen molar-refractivity contribution < 1.29 is 23.4 Å². The van der Waals surface area contributed by atoms with E-state index in [1.165, 1.54) is 13.1 Å². The number of alkyl halides is 3. The molecule has 0 spiro atoms. The normalized spacial score (nSPS) is 18.6. The molecule has 0 aliphatic carbocycles. The number of aromatic nitrogens is 3. The average Bonchev–Trinajstić information content (AvgIpc) is 2.86. The van der Waals surface area contributed by atoms with Gasteiger partial charge >= 0.3 is 6.18 Å². The van der Waals surface area contributed by atoms with Gasteiger partial charge < -0.3 is 15.1 Å². The van der Waals surface area contributed by atoms with Crippen LogP contribution in [0.25, 0.3) is 0 Å². The van der Waals surface area contributed by atoms with E-state index in [9.17, 15) is 23.4 Å². The molecule has 0 amide bonds. The van der Waals surface area contributed by atoms with Gasteiger partial charge in [0.05, 0.1) is 5.69 Å². The molecule has 4 rings (SSSR count). The van der Waals surface area contributed by atoms with Crippen molar-refractivity contribution >= 4 is 0 Å². The monoisotopic (exact) mass is 524 g/mol. The highest BCUT2D eigenvalue weighted by Crippen LogP contribution is 2.50. The summed E-state index contributed by atoms with van der Waals surface area (Å²) in [7, 11) is 1.99. The molecule has 9 heteroatoms. The first-order valence-corrected chi connectivity index (χ1v) is 12.3. The van der Waals surface area contributed by atoms with Crippen LogP contribution in [0.15, 0.2) is 55.1 Å². The predicted molar refractivity (Wildman–Crippen MR) is 137 cm³/mol. The van der Waals surface area contributed by atoms with Crippen LogP contribution in [-0.4, -0.2) is 50.2 Å². The second-order valence-electron chi connectivity index (χ2n) is 10.8. The van der Waals surface area contributed by atoms with E-state index in [0.29, 0.717) is 36.2 Å². The Morgan fingerprint density at radius 2 is 1.61 bits per heavy atom. The van der Waals surface area contributed by atoms with Crippen LogP contribution in [0.4, 0.5) is 13.2 Å². The van der Waals surface area contributed by atoms with E-state index in [-0.39, 0.29) is 5.69 Å². The van der Waals surface area contributed by atoms with E-state index >= 15 is 0 Å². The quantitative estimate of drug-likeness (QED) is 0.480. The third kappa shape index (κ3) is 5.17. The van der Waals surface area contributed by atoms with Crippen LogP contribution < -0.4 is 0 Å². The molecule has 38 heavy (non-hydrogen) atoms. The Morgan fingerprint density at radius 1 is 0.974 bits per heavy atom. The zero-order chi connectivity index (χ0) is 27.9. The molecule has 2 unspecified atom stereocenters. The summed E-state index contributed by atoms with van der Waals surface area (Å²) >= 11 is 0. The van der Waals surface area contributed by atoms with Gasteiger partial charge in [0.2, 0.25) is 0 Å². The number of halogens is 3. The number of hydrogen-bond donors (Lipinski definition) is 2. The minimum absolute atomic E-state index is 0.275. The topological polar surface area (TPSA) is 82.4 Å². The van der Waals surface area contributed by atoms with Crippen molar-refractivity contribution in [3.63, 3.8) is 0 Å². The van der Waals surface area contributed by atoms with Gasteiger partial charge in [-0.05, 0) is 43.1 Å². The van der Waals surface area contributed by atoms with Gasteiger partial charge in [-0.2, -0.15) is 13.2 Å². The number of aliphatic hydroxyl groups is 2. The largest absolute Gasteiger partial charge is 0.433 e. The lowest BCUT2D eigenvalue weighted by Crippen LogP contribution is -2.63. The Balaban J connectivity index is 1.73. The van der Waals surface area contributed by atoms with E-state index < -0.39 is 28.5 Å². The lowest BCUT2D eigenvalue weighted by molar-refractivity contribution is -0.141. The van der Waals surface area contributed by atoms with Crippen LogP contribution in [0.5, 0.6) is 0 Å². The fourth-order valence-corrected chi connectivity index (χ4v) is 5.09. The second kappa shape index (κ2) is 9.77. The van der Waals surface area contributed by atoms with E-state index in [2.05, 4.69) is 45.5 Å². The molecule has 2 atom stereocenters. The molecule has 0 saturated carbocycles. The maximum Gasteiger partial charge on any atom is 0.433 e. The second-order valence-corrected chi connectivity index (χ2v) is 10.8. The van der Waals surface area contributed by atoms with Crippen molar-refractivity contribution in [1.29, 1.82) is 0 Å². The van der Waals surface area contributed by atoms with Gasteiger partial charge in [0, 0.05) is 42.0 Å². The molecule has 1 fully saturated rings. The van der Waals surface area contributed by atoms with Crippen molar-refractivity contribution in [1.82, 2.24) is 19.9 Å². The Kier molecular flexibility index (Phi) is 7.12. The third-order valence-corrected chi connectivity index (χ3v) is 7.17. The minimum atomic E-state index is -4.68. The number of likely N-dealkylation sites (tertiary alicyclic amines) is 1. The van der Waals surface area contributed by atoms with Crippen molar-refractivity contribution in [3.05, 3.63) is 88.8 Å². The standard InChI is InChI=1S/C29H31F3N4O2/c1-19(2)21-6-8-22(9-7-21)28(38,26(3)16-36(5)17-26)23-12-20(14-33-15-23)10-11-27(4,37)24-13-25(29(30,31)32)35-18-34-24/h6-9,12-15,18-19,37-38H,16-17H2,1-5H3. The summed E-state index contributed by atoms with van der Waals surface area (Å²) in [6.45, 7) is 8.83. The Labute approximate surface area is 220 Å². The fraction of sp³-hybridized carbons (Fsp3) is 0.414. The molecule has 3 heterocycles. The minimum Gasteiger partial charge on any atom is -0.380 e. The SMILES string of the molecule is CC(C)c1ccc(C(O)(c2cncc(C#CC(C)(O)c3cc(C(F)(F)F)ncn3)c2)C2(C)CN(C)C2)cc1. The molecule has 6 nitrogen and oxygen atoms in total. The average molecular weight is 525 g/mol. The summed E-state index contributed by atoms with van der Waals surface area (Å²) in [6, 6.07) is 10.3. The molecular weight excluding hydrogens is 493 g/mol. The number of nitrogens with zero attached hydrogens (tertiary/aromatic N) is 4. The first-order chi connectivity index (χ1) is 17.7. The summed E-state index contributed by atoms with van der Waals surface area (Å²) in [5.41, 5.74) is -2.48. The number of benzene rings is 1. The van der Waals surface area contributed by atoms with Crippen molar-refractivity contribution in [3.8, 4) is 11.8 Å². The molecule has 2 N–H and O–H groups in total. The number of rotatable bonds is 5. The fourth-order valence-electron chi connectivity index (χ4n) is 5.09. The number of pyridine rings is 1. The van der Waals surface area contributed by atoms with Gasteiger partial charge in [0.25, 0.3) is 0 Å². The highest BCUT2D eigenvalue weighted by Gasteiger charge is 2.55. The van der Waals surface area contributed by atoms with Gasteiger partial charge in [-0.15, -0.1) is 0 Å². The van der Waals surface area contributed by atoms with Gasteiger partial charge in [-0.3, -0.25) is 4.98 Å². The van der Waals surface area contributed by atoms with E-state index in [0.717, 1.165) is 17.5 Å². The van der Waals surface area contributed by atoms with Crippen LogP contribution >= 0.6 is 0 Å². The van der Waals surface area contributed by atoms with Crippen LogP contribution in [-0.2, 0) is 17.4 Å². The highest BCUT2D eigenvalue weighted by molar-refractivity contribution is 5.45. The van der Waals surface area contributed by atoms with Crippen LogP contribution in [0, 0.1) is 17.3 Å². The number of hydrogen-bond acceptors (Lipinski definition) is 6. The first-order valence-electron chi connectivity index (χ1n) is 12.3. The molecule has 1 aliphatic heterocycles. The summed E-state index contributed by atoms with van der Waals surface area (Å²) < 4.78 is 39.2. The van der Waals surface area contributed by atoms with Crippen LogP contribution in [0.1, 0.15) is 67.3 Å². The molecule has 1 aliphatic rings. The summed E-state index contributed by atoms with van der Waals surface area (Å²) in [5.74, 6) is 5.75. The smallest absolute Gasteiger partial charge is 0.380 e. The van der Waals surface area contributed by atoms with E-state index in [1.807, 2.05) is 38.2 Å². The summed E-state index contributed by atoms with van der Waals surface area (Å²) in [6.07, 6.45) is -0.852. The lowest BCUT2D eigenvalue weighted by atomic mass is 9.62. The van der Waals surface area contributed by atoms with Gasteiger partial charge in [0.1, 0.15) is 17.6 Å². The first kappa shape index (κ1) is 27.7. The van der Waals surface area contributed by atoms with Crippen LogP contribution in [0.2, 0.25) is 0 Å². The molecule has 0 bridgehead atoms. The van der Waals surface area contributed by atoms with Crippen molar-refractivity contribution in [2.45, 2.75) is 51.0 Å². The van der Waals surface area contributed by atoms with Crippen LogP contribution in [0.3, 0.4) is 0 Å². The summed E-state index contributed by atoms with van der Waals surface area (Å²) in [4.78, 5) is 13.4. The summed E-state index contributed by atoms with van der Waals surface area (Å²) in [5, 5.41) is 23.1. The molecular formula is C29H31F3N4O2. The zero-order valence-corrected chi connectivity index (χ0v) is 22.0. The molecule has 1 aromatic carbocycles. The molecule has 1 saturated heterocycles. The van der Waals surface area contributed by atoms with E-state index in [4.69, 9.17) is 0 Å². The molecule has 200 valence electrons. The van der Waals surface area contributed by atoms with Crippen molar-refractivity contribution in [2.24, 2.45) is 5.41 Å². The highest BCUT2D eigenvalue weighted by atomic mass is 19.4. The zero-order valence-electron chi connectivity index (χ0n) is 22.0. The maximum absolute atomic E-state index is 13.1. The van der Waals surface area contributed by atoms with Gasteiger partial charge in [0.15, 0.2) is 5.60 Å². The molecule has 0 radical (unpaired) electrons. The Hall–Kier alpha value is -3.32. The third-order valence-electron chi connectivity index (χ3n) is 7.17. The Bertz CT molecular complexity index is 1370. The van der Waals surface area contributed by atoms with E-state index in [1.54, 1.807) is 12.3 Å². The molecule has 2 aromatic heterocycles. The van der Waals surface area contributed by atoms with Gasteiger partial charge in [-0.25, -0.2) is 9.97 Å². The predicted octanol–water partition coefficient (Wildman–Crippen LogP) is 4.46. The molecule has 3 aromatic rings. The van der Waals surface area contributed by atoms with Crippen molar-refractivity contribution in [2.75, 3.05) is 20.1 Å². The Morgan fingerprint density at radius 3 is 2.18 bits per heavy atom.